The van der Waals surface area contributed by atoms with Crippen molar-refractivity contribution >= 4 is 17.1 Å². The molecular formula is C20H24N4O2. The van der Waals surface area contributed by atoms with Gasteiger partial charge in [-0.15, -0.1) is 0 Å². The van der Waals surface area contributed by atoms with Crippen molar-refractivity contribution in [2.75, 3.05) is 41.6 Å². The molecule has 0 radical (unpaired) electrons. The van der Waals surface area contributed by atoms with E-state index in [-0.39, 0.29) is 0 Å². The maximum Gasteiger partial charge on any atom is 0.139 e. The highest BCUT2D eigenvalue weighted by atomic mass is 16.3. The molecule has 0 spiro atoms. The molecule has 0 aromatic heterocycles. The normalized spacial score (nSPS) is 18.5. The van der Waals surface area contributed by atoms with E-state index in [1.807, 2.05) is 18.2 Å². The fourth-order valence-electron chi connectivity index (χ4n) is 4.76. The molecule has 3 heterocycles. The number of rotatable bonds is 1. The van der Waals surface area contributed by atoms with Gasteiger partial charge < -0.3 is 24.9 Å². The van der Waals surface area contributed by atoms with Gasteiger partial charge in [0.25, 0.3) is 0 Å². The minimum Gasteiger partial charge on any atom is -0.508 e. The van der Waals surface area contributed by atoms with Crippen LogP contribution in [0.4, 0.5) is 17.1 Å². The highest BCUT2D eigenvalue weighted by Gasteiger charge is 2.36. The number of nitrogens with zero attached hydrogens (tertiary/aromatic N) is 4. The molecule has 2 aromatic carbocycles. The fourth-order valence-corrected chi connectivity index (χ4v) is 4.76. The maximum atomic E-state index is 10.8. The molecule has 26 heavy (non-hydrogen) atoms. The third-order valence-electron chi connectivity index (χ3n) is 5.75. The number of hydrogen-bond acceptors (Lipinski definition) is 6. The summed E-state index contributed by atoms with van der Waals surface area (Å²) in [5.74, 6) is 0.662. The first-order chi connectivity index (χ1) is 12.5. The van der Waals surface area contributed by atoms with Crippen LogP contribution in [0.1, 0.15) is 23.6 Å². The molecule has 5 rings (SSSR count). The molecule has 0 fully saturated rings. The Kier molecular flexibility index (Phi) is 3.28. The summed E-state index contributed by atoms with van der Waals surface area (Å²) in [6.45, 7) is 7.14. The zero-order chi connectivity index (χ0) is 18.0. The Bertz CT molecular complexity index is 898. The van der Waals surface area contributed by atoms with Crippen molar-refractivity contribution in [3.63, 3.8) is 0 Å². The standard InChI is InChI=1S/C20H24N4O2/c1-3-22-11-21(2)8-14-7-18(26)20-16(19(14)22)10-23-12-24(20)9-13-6-15(25)4-5-17(13)23/h4-7,25-26H,3,8-12H2,1-2H3. The highest BCUT2D eigenvalue weighted by Crippen LogP contribution is 2.48. The van der Waals surface area contributed by atoms with Gasteiger partial charge in [-0.1, -0.05) is 0 Å². The molecule has 2 bridgehead atoms. The summed E-state index contributed by atoms with van der Waals surface area (Å²) in [5, 5.41) is 20.7. The van der Waals surface area contributed by atoms with E-state index in [4.69, 9.17) is 0 Å². The number of phenols is 2. The largest absolute Gasteiger partial charge is 0.508 e. The molecule has 136 valence electrons. The van der Waals surface area contributed by atoms with Gasteiger partial charge in [-0.25, -0.2) is 0 Å². The first-order valence-electron chi connectivity index (χ1n) is 9.18. The quantitative estimate of drug-likeness (QED) is 0.823. The molecule has 6 nitrogen and oxygen atoms in total. The summed E-state index contributed by atoms with van der Waals surface area (Å²) in [7, 11) is 2.12. The van der Waals surface area contributed by atoms with E-state index < -0.39 is 0 Å². The second kappa shape index (κ2) is 5.45. The van der Waals surface area contributed by atoms with Gasteiger partial charge in [0.1, 0.15) is 11.5 Å². The third kappa shape index (κ3) is 2.15. The van der Waals surface area contributed by atoms with Crippen LogP contribution in [0.15, 0.2) is 24.3 Å². The Hall–Kier alpha value is -2.60. The molecule has 0 aliphatic carbocycles. The molecule has 3 aliphatic heterocycles. The number of benzene rings is 2. The van der Waals surface area contributed by atoms with Crippen LogP contribution in [0, 0.1) is 0 Å². The summed E-state index contributed by atoms with van der Waals surface area (Å²) in [6, 6.07) is 7.55. The number of hydrogen-bond donors (Lipinski definition) is 2. The summed E-state index contributed by atoms with van der Waals surface area (Å²) in [5.41, 5.74) is 6.95. The van der Waals surface area contributed by atoms with Gasteiger partial charge in [-0.2, -0.15) is 0 Å². The Balaban J connectivity index is 1.67. The molecule has 0 atom stereocenters. The van der Waals surface area contributed by atoms with Crippen LogP contribution >= 0.6 is 0 Å². The monoisotopic (exact) mass is 352 g/mol. The van der Waals surface area contributed by atoms with Gasteiger partial charge in [-0.05, 0) is 49.4 Å². The lowest BCUT2D eigenvalue weighted by atomic mass is 9.95. The lowest BCUT2D eigenvalue weighted by molar-refractivity contribution is 0.309. The number of fused-ring (bicyclic) bond motifs is 8. The summed E-state index contributed by atoms with van der Waals surface area (Å²) < 4.78 is 0. The molecule has 2 aromatic rings. The first kappa shape index (κ1) is 15.6. The van der Waals surface area contributed by atoms with E-state index in [0.717, 1.165) is 44.2 Å². The first-order valence-corrected chi connectivity index (χ1v) is 9.18. The zero-order valence-corrected chi connectivity index (χ0v) is 15.2. The minimum absolute atomic E-state index is 0.293. The number of aromatic hydroxyl groups is 2. The fraction of sp³-hybridized carbons (Fsp3) is 0.400. The zero-order valence-electron chi connectivity index (χ0n) is 15.2. The predicted molar refractivity (Wildman–Crippen MR) is 103 cm³/mol. The average molecular weight is 352 g/mol. The van der Waals surface area contributed by atoms with Gasteiger partial charge >= 0.3 is 0 Å². The van der Waals surface area contributed by atoms with Crippen LogP contribution < -0.4 is 14.7 Å². The topological polar surface area (TPSA) is 53.4 Å². The lowest BCUT2D eigenvalue weighted by Crippen LogP contribution is -2.48. The molecular weight excluding hydrogens is 328 g/mol. The average Bonchev–Trinajstić information content (AvgIpc) is 2.60. The van der Waals surface area contributed by atoms with Crippen molar-refractivity contribution in [1.82, 2.24) is 4.90 Å². The van der Waals surface area contributed by atoms with E-state index in [1.54, 1.807) is 6.07 Å². The molecule has 0 saturated heterocycles. The van der Waals surface area contributed by atoms with Crippen molar-refractivity contribution in [2.45, 2.75) is 26.6 Å². The van der Waals surface area contributed by atoms with Gasteiger partial charge in [0, 0.05) is 43.1 Å². The van der Waals surface area contributed by atoms with Crippen LogP contribution in [0.5, 0.6) is 11.5 Å². The smallest absolute Gasteiger partial charge is 0.139 e. The van der Waals surface area contributed by atoms with Crippen LogP contribution in [-0.4, -0.2) is 42.0 Å². The van der Waals surface area contributed by atoms with Gasteiger partial charge in [0.15, 0.2) is 0 Å². The maximum absolute atomic E-state index is 10.8. The van der Waals surface area contributed by atoms with Crippen LogP contribution in [0.2, 0.25) is 0 Å². The van der Waals surface area contributed by atoms with Crippen molar-refractivity contribution < 1.29 is 10.2 Å². The van der Waals surface area contributed by atoms with Crippen molar-refractivity contribution in [1.29, 1.82) is 0 Å². The molecule has 6 heteroatoms. The van der Waals surface area contributed by atoms with Crippen molar-refractivity contribution in [3.05, 3.63) is 41.0 Å². The number of phenolic OH excluding ortho intramolecular Hbond substituents is 2. The molecule has 0 unspecified atom stereocenters. The van der Waals surface area contributed by atoms with E-state index in [0.29, 0.717) is 18.0 Å². The van der Waals surface area contributed by atoms with Gasteiger partial charge in [-0.3, -0.25) is 4.90 Å². The second-order valence-corrected chi connectivity index (χ2v) is 7.59. The molecule has 3 aliphatic rings. The van der Waals surface area contributed by atoms with Crippen molar-refractivity contribution in [2.24, 2.45) is 0 Å². The molecule has 0 saturated carbocycles. The Morgan fingerprint density at radius 3 is 2.58 bits per heavy atom. The van der Waals surface area contributed by atoms with Crippen molar-refractivity contribution in [3.8, 4) is 11.5 Å². The number of anilines is 3. The van der Waals surface area contributed by atoms with E-state index >= 15 is 0 Å². The van der Waals surface area contributed by atoms with E-state index in [2.05, 4.69) is 33.6 Å². The second-order valence-electron chi connectivity index (χ2n) is 7.59. The molecule has 0 amide bonds. The highest BCUT2D eigenvalue weighted by molar-refractivity contribution is 5.81. The summed E-state index contributed by atoms with van der Waals surface area (Å²) in [4.78, 5) is 9.24. The summed E-state index contributed by atoms with van der Waals surface area (Å²) in [6.07, 6.45) is 0. The Labute approximate surface area is 153 Å². The van der Waals surface area contributed by atoms with Gasteiger partial charge in [0.05, 0.1) is 19.0 Å². The van der Waals surface area contributed by atoms with Gasteiger partial charge in [0.2, 0.25) is 0 Å². The third-order valence-corrected chi connectivity index (χ3v) is 5.75. The predicted octanol–water partition coefficient (Wildman–Crippen LogP) is 2.62. The Morgan fingerprint density at radius 2 is 1.77 bits per heavy atom. The Morgan fingerprint density at radius 1 is 0.923 bits per heavy atom. The van der Waals surface area contributed by atoms with E-state index in [9.17, 15) is 10.2 Å². The summed E-state index contributed by atoms with van der Waals surface area (Å²) >= 11 is 0. The lowest BCUT2D eigenvalue weighted by Gasteiger charge is -2.47. The van der Waals surface area contributed by atoms with E-state index in [1.165, 1.54) is 22.5 Å². The van der Waals surface area contributed by atoms with Crippen LogP contribution in [-0.2, 0) is 19.6 Å². The molecule has 2 N–H and O–H groups in total. The van der Waals surface area contributed by atoms with Crippen LogP contribution in [0.3, 0.4) is 0 Å². The SMILES string of the molecule is CCN1CN(C)Cc2cc(O)c3c(c21)CN1CN3Cc2cc(O)ccc21. The minimum atomic E-state index is 0.293. The van der Waals surface area contributed by atoms with Crippen LogP contribution in [0.25, 0.3) is 0 Å².